The zero-order valence-corrected chi connectivity index (χ0v) is 12.9. The molecule has 1 aromatic carbocycles. The van der Waals surface area contributed by atoms with Crippen LogP contribution in [0, 0.1) is 0 Å². The van der Waals surface area contributed by atoms with E-state index in [-0.39, 0.29) is 6.10 Å². The monoisotopic (exact) mass is 289 g/mol. The van der Waals surface area contributed by atoms with Gasteiger partial charge < -0.3 is 15.0 Å². The van der Waals surface area contributed by atoms with Gasteiger partial charge >= 0.3 is 0 Å². The van der Waals surface area contributed by atoms with E-state index in [1.807, 2.05) is 51.1 Å². The van der Waals surface area contributed by atoms with Crippen LogP contribution in [0.4, 0.5) is 0 Å². The maximum atomic E-state index is 6.31. The van der Waals surface area contributed by atoms with Gasteiger partial charge in [-0.3, -0.25) is 0 Å². The molecule has 0 aliphatic carbocycles. The molecule has 2 N–H and O–H groups in total. The van der Waals surface area contributed by atoms with Crippen molar-refractivity contribution in [1.29, 1.82) is 0 Å². The molecule has 2 rings (SSSR count). The second-order valence-corrected chi connectivity index (χ2v) is 5.07. The summed E-state index contributed by atoms with van der Waals surface area (Å²) < 4.78 is 11.2. The van der Waals surface area contributed by atoms with E-state index in [0.29, 0.717) is 18.3 Å². The lowest BCUT2D eigenvalue weighted by Crippen LogP contribution is -2.35. The smallest absolute Gasteiger partial charge is 0.246 e. The minimum absolute atomic E-state index is 0.327. The van der Waals surface area contributed by atoms with Gasteiger partial charge in [0.1, 0.15) is 6.10 Å². The minimum Gasteiger partial charge on any atom is -0.366 e. The Morgan fingerprint density at radius 2 is 1.86 bits per heavy atom. The first-order valence-electron chi connectivity index (χ1n) is 7.44. The third-order valence-electron chi connectivity index (χ3n) is 3.80. The summed E-state index contributed by atoms with van der Waals surface area (Å²) in [7, 11) is 0. The molecule has 1 aromatic heterocycles. The molecule has 0 aliphatic heterocycles. The predicted octanol–water partition coefficient (Wildman–Crippen LogP) is 3.17. The highest BCUT2D eigenvalue weighted by Gasteiger charge is 2.31. The highest BCUT2D eigenvalue weighted by molar-refractivity contribution is 5.23. The minimum atomic E-state index is -0.571. The van der Waals surface area contributed by atoms with E-state index >= 15 is 0 Å². The molecule has 2 aromatic rings. The molecule has 21 heavy (non-hydrogen) atoms. The Hall–Kier alpha value is -1.72. The molecule has 5 nitrogen and oxygen atoms in total. The summed E-state index contributed by atoms with van der Waals surface area (Å²) in [5.74, 6) is 0.998. The average molecular weight is 289 g/mol. The Morgan fingerprint density at radius 1 is 1.19 bits per heavy atom. The maximum absolute atomic E-state index is 6.31. The topological polar surface area (TPSA) is 74.2 Å². The molecule has 0 amide bonds. The predicted molar refractivity (Wildman–Crippen MR) is 80.7 cm³/mol. The molecule has 0 saturated heterocycles. The molecule has 114 valence electrons. The number of benzene rings is 1. The first-order chi connectivity index (χ1) is 10.1. The van der Waals surface area contributed by atoms with E-state index in [9.17, 15) is 0 Å². The number of hydrogen-bond acceptors (Lipinski definition) is 5. The van der Waals surface area contributed by atoms with Gasteiger partial charge in [-0.25, -0.2) is 0 Å². The van der Waals surface area contributed by atoms with Crippen molar-refractivity contribution in [2.75, 3.05) is 6.61 Å². The van der Waals surface area contributed by atoms with Crippen molar-refractivity contribution in [3.63, 3.8) is 0 Å². The summed E-state index contributed by atoms with van der Waals surface area (Å²) in [6.45, 7) is 6.55. The van der Waals surface area contributed by atoms with Gasteiger partial charge in [0.15, 0.2) is 0 Å². The van der Waals surface area contributed by atoms with Gasteiger partial charge in [-0.15, -0.1) is 0 Å². The number of rotatable bonds is 7. The Balaban J connectivity index is 2.33. The average Bonchev–Trinajstić information content (AvgIpc) is 3.03. The van der Waals surface area contributed by atoms with Crippen molar-refractivity contribution < 1.29 is 9.26 Å². The molecular formula is C16H23N3O2. The van der Waals surface area contributed by atoms with Crippen LogP contribution in [0.15, 0.2) is 34.9 Å². The van der Waals surface area contributed by atoms with Gasteiger partial charge in [0, 0.05) is 6.61 Å². The fourth-order valence-corrected chi connectivity index (χ4v) is 2.21. The zero-order valence-electron chi connectivity index (χ0n) is 12.9. The number of ether oxygens (including phenoxy) is 1. The summed E-state index contributed by atoms with van der Waals surface area (Å²) in [6, 6.07) is 9.88. The summed E-state index contributed by atoms with van der Waals surface area (Å²) in [4.78, 5) is 4.49. The first kappa shape index (κ1) is 15.7. The summed E-state index contributed by atoms with van der Waals surface area (Å²) in [5, 5.41) is 4.08. The molecule has 1 atom stereocenters. The summed E-state index contributed by atoms with van der Waals surface area (Å²) >= 11 is 0. The van der Waals surface area contributed by atoms with Crippen molar-refractivity contribution in [3.8, 4) is 0 Å². The van der Waals surface area contributed by atoms with Gasteiger partial charge in [-0.2, -0.15) is 4.98 Å². The number of nitrogens with two attached hydrogens (primary N) is 1. The van der Waals surface area contributed by atoms with E-state index in [2.05, 4.69) is 10.1 Å². The van der Waals surface area contributed by atoms with Gasteiger partial charge in [0.2, 0.25) is 11.7 Å². The molecule has 0 fully saturated rings. The molecule has 1 unspecified atom stereocenters. The van der Waals surface area contributed by atoms with E-state index < -0.39 is 5.54 Å². The Bertz CT molecular complexity index is 550. The lowest BCUT2D eigenvalue weighted by molar-refractivity contribution is 0.0833. The molecule has 0 aliphatic rings. The number of aromatic nitrogens is 2. The molecular weight excluding hydrogens is 266 g/mol. The summed E-state index contributed by atoms with van der Waals surface area (Å²) in [6.07, 6.45) is 1.16. The SMILES string of the molecule is CCOC(c1ccccc1)c1noc(C(N)(CC)CC)n1. The van der Waals surface area contributed by atoms with Gasteiger partial charge in [-0.05, 0) is 25.3 Å². The second-order valence-electron chi connectivity index (χ2n) is 5.07. The molecule has 0 bridgehead atoms. The Morgan fingerprint density at radius 3 is 2.43 bits per heavy atom. The molecule has 0 saturated carbocycles. The normalized spacial score (nSPS) is 13.3. The lowest BCUT2D eigenvalue weighted by Gasteiger charge is -2.21. The second kappa shape index (κ2) is 6.83. The van der Waals surface area contributed by atoms with Gasteiger partial charge in [0.25, 0.3) is 0 Å². The summed E-state index contributed by atoms with van der Waals surface area (Å²) in [5.41, 5.74) is 6.74. The van der Waals surface area contributed by atoms with Crippen LogP contribution >= 0.6 is 0 Å². The van der Waals surface area contributed by atoms with Crippen LogP contribution in [0.1, 0.15) is 57.0 Å². The van der Waals surface area contributed by atoms with Crippen LogP contribution in [0.25, 0.3) is 0 Å². The molecule has 0 spiro atoms. The highest BCUT2D eigenvalue weighted by Crippen LogP contribution is 2.28. The van der Waals surface area contributed by atoms with Crippen molar-refractivity contribution in [1.82, 2.24) is 10.1 Å². The third kappa shape index (κ3) is 3.31. The largest absolute Gasteiger partial charge is 0.366 e. The maximum Gasteiger partial charge on any atom is 0.246 e. The highest BCUT2D eigenvalue weighted by atomic mass is 16.5. The van der Waals surface area contributed by atoms with Crippen molar-refractivity contribution in [2.45, 2.75) is 45.3 Å². The van der Waals surface area contributed by atoms with Crippen LogP contribution < -0.4 is 5.73 Å². The Labute approximate surface area is 125 Å². The van der Waals surface area contributed by atoms with E-state index in [1.54, 1.807) is 0 Å². The molecule has 5 heteroatoms. The van der Waals surface area contributed by atoms with Crippen LogP contribution in [0.3, 0.4) is 0 Å². The Kier molecular flexibility index (Phi) is 5.09. The van der Waals surface area contributed by atoms with Crippen LogP contribution in [0.5, 0.6) is 0 Å². The lowest BCUT2D eigenvalue weighted by atomic mass is 9.94. The fourth-order valence-electron chi connectivity index (χ4n) is 2.21. The standard InChI is InChI=1S/C16H23N3O2/c1-4-16(17,5-2)15-18-14(19-21-15)13(20-6-3)12-10-8-7-9-11-12/h7-11,13H,4-6,17H2,1-3H3. The van der Waals surface area contributed by atoms with E-state index in [1.165, 1.54) is 0 Å². The number of hydrogen-bond donors (Lipinski definition) is 1. The fraction of sp³-hybridized carbons (Fsp3) is 0.500. The van der Waals surface area contributed by atoms with Gasteiger partial charge in [-0.1, -0.05) is 49.3 Å². The van der Waals surface area contributed by atoms with Gasteiger partial charge in [0.05, 0.1) is 5.54 Å². The van der Waals surface area contributed by atoms with Crippen LogP contribution in [-0.4, -0.2) is 16.7 Å². The van der Waals surface area contributed by atoms with Crippen molar-refractivity contribution in [2.24, 2.45) is 5.73 Å². The zero-order chi connectivity index (χ0) is 15.3. The quantitative estimate of drug-likeness (QED) is 0.847. The first-order valence-corrected chi connectivity index (χ1v) is 7.44. The van der Waals surface area contributed by atoms with Crippen molar-refractivity contribution in [3.05, 3.63) is 47.6 Å². The van der Waals surface area contributed by atoms with Crippen LogP contribution in [0.2, 0.25) is 0 Å². The molecule has 0 radical (unpaired) electrons. The van der Waals surface area contributed by atoms with Crippen LogP contribution in [-0.2, 0) is 10.3 Å². The van der Waals surface area contributed by atoms with E-state index in [4.69, 9.17) is 15.0 Å². The third-order valence-corrected chi connectivity index (χ3v) is 3.80. The van der Waals surface area contributed by atoms with Crippen molar-refractivity contribution >= 4 is 0 Å². The number of nitrogens with zero attached hydrogens (tertiary/aromatic N) is 2. The molecule has 1 heterocycles. The van der Waals surface area contributed by atoms with E-state index in [0.717, 1.165) is 18.4 Å².